The zero-order valence-electron chi connectivity index (χ0n) is 39.7. The molecule has 9 nitrogen and oxygen atoms in total. The lowest BCUT2D eigenvalue weighted by Gasteiger charge is -2.11. The third-order valence-electron chi connectivity index (χ3n) is 13.7. The van der Waals surface area contributed by atoms with E-state index in [2.05, 4.69) is 149 Å². The molecule has 0 aliphatic heterocycles. The van der Waals surface area contributed by atoms with Gasteiger partial charge in [-0.25, -0.2) is 29.9 Å². The van der Waals surface area contributed by atoms with Crippen molar-refractivity contribution in [3.05, 3.63) is 249 Å². The first-order chi connectivity index (χ1) is 36.7. The van der Waals surface area contributed by atoms with Gasteiger partial charge in [-0.05, 0) is 65.7 Å². The van der Waals surface area contributed by atoms with E-state index in [9.17, 15) is 0 Å². The molecule has 14 aromatic rings. The van der Waals surface area contributed by atoms with Crippen LogP contribution in [-0.2, 0) is 0 Å². The SMILES string of the molecule is c1ccc(-c2cc(-c3ncc(-n4c5ccccc5c5cc(-c6ccc(-c7cc(-c8ccc(-n9c%10ccccc%10c%10ccccc%109)cn8)nc(-c8ccccc8)n7)cc6)ccc54)cn3)nc(-c3ccccc3)n2)cc1. The smallest absolute Gasteiger partial charge is 0.178 e. The monoisotopic (exact) mass is 947 g/mol. The second kappa shape index (κ2) is 17.9. The quantitative estimate of drug-likeness (QED) is 0.142. The van der Waals surface area contributed by atoms with Gasteiger partial charge < -0.3 is 9.13 Å². The molecular weight excluding hydrogens is 907 g/mol. The Labute approximate surface area is 425 Å². The molecule has 0 aliphatic carbocycles. The van der Waals surface area contributed by atoms with Crippen LogP contribution in [0.25, 0.3) is 134 Å². The van der Waals surface area contributed by atoms with Gasteiger partial charge >= 0.3 is 0 Å². The molecule has 0 fully saturated rings. The molecule has 0 spiro atoms. The molecule has 6 heterocycles. The topological polar surface area (TPSA) is 100 Å². The maximum Gasteiger partial charge on any atom is 0.178 e. The minimum atomic E-state index is 0.522. The molecule has 0 saturated heterocycles. The van der Waals surface area contributed by atoms with Gasteiger partial charge in [-0.3, -0.25) is 4.98 Å². The molecule has 8 aromatic carbocycles. The summed E-state index contributed by atoms with van der Waals surface area (Å²) in [7, 11) is 0. The van der Waals surface area contributed by atoms with Crippen LogP contribution in [0.4, 0.5) is 0 Å². The highest BCUT2D eigenvalue weighted by Crippen LogP contribution is 2.37. The Bertz CT molecular complexity index is 4270. The van der Waals surface area contributed by atoms with Crippen molar-refractivity contribution in [2.24, 2.45) is 0 Å². The Kier molecular flexibility index (Phi) is 10.3. The summed E-state index contributed by atoms with van der Waals surface area (Å²) in [5.41, 5.74) is 16.1. The average Bonchev–Trinajstić information content (AvgIpc) is 4.01. The van der Waals surface area contributed by atoms with Crippen LogP contribution in [0.3, 0.4) is 0 Å². The Hall–Kier alpha value is -10.3. The molecule has 0 atom stereocenters. The summed E-state index contributed by atoms with van der Waals surface area (Å²) >= 11 is 0. The average molecular weight is 948 g/mol. The van der Waals surface area contributed by atoms with Gasteiger partial charge in [0.05, 0.1) is 74.8 Å². The number of rotatable bonds is 9. The normalized spacial score (nSPS) is 11.5. The molecule has 346 valence electrons. The zero-order valence-corrected chi connectivity index (χ0v) is 39.7. The van der Waals surface area contributed by atoms with Gasteiger partial charge in [0.15, 0.2) is 17.5 Å². The molecule has 0 saturated carbocycles. The molecule has 74 heavy (non-hydrogen) atoms. The van der Waals surface area contributed by atoms with Crippen LogP contribution in [-0.4, -0.2) is 44.0 Å². The number of nitrogens with zero attached hydrogens (tertiary/aromatic N) is 9. The largest absolute Gasteiger partial charge is 0.308 e. The highest BCUT2D eigenvalue weighted by molar-refractivity contribution is 6.11. The summed E-state index contributed by atoms with van der Waals surface area (Å²) in [6, 6.07) is 79.3. The van der Waals surface area contributed by atoms with Gasteiger partial charge in [0, 0.05) is 43.8 Å². The van der Waals surface area contributed by atoms with E-state index in [0.717, 1.165) is 100 Å². The Morgan fingerprint density at radius 2 is 0.649 bits per heavy atom. The molecule has 9 heteroatoms. The summed E-state index contributed by atoms with van der Waals surface area (Å²) in [6.45, 7) is 0. The fraction of sp³-hybridized carbons (Fsp3) is 0. The minimum absolute atomic E-state index is 0.522. The van der Waals surface area contributed by atoms with Crippen LogP contribution in [0.15, 0.2) is 249 Å². The summed E-state index contributed by atoms with van der Waals surface area (Å²) in [5.74, 6) is 1.78. The van der Waals surface area contributed by atoms with E-state index < -0.39 is 0 Å². The minimum Gasteiger partial charge on any atom is -0.308 e. The first kappa shape index (κ1) is 42.6. The third-order valence-corrected chi connectivity index (χ3v) is 13.7. The first-order valence-electron chi connectivity index (χ1n) is 24.5. The maximum absolute atomic E-state index is 5.13. The fourth-order valence-electron chi connectivity index (χ4n) is 10.2. The number of aromatic nitrogens is 9. The lowest BCUT2D eigenvalue weighted by atomic mass is 10.00. The van der Waals surface area contributed by atoms with Crippen LogP contribution in [0.5, 0.6) is 0 Å². The van der Waals surface area contributed by atoms with Crippen molar-refractivity contribution < 1.29 is 0 Å². The van der Waals surface area contributed by atoms with Crippen molar-refractivity contribution >= 4 is 43.6 Å². The summed E-state index contributed by atoms with van der Waals surface area (Å²) in [5, 5.41) is 4.69. The van der Waals surface area contributed by atoms with Crippen LogP contribution in [0.2, 0.25) is 0 Å². The van der Waals surface area contributed by atoms with E-state index in [0.29, 0.717) is 23.2 Å². The highest BCUT2D eigenvalue weighted by atomic mass is 15.0. The Morgan fingerprint density at radius 1 is 0.230 bits per heavy atom. The van der Waals surface area contributed by atoms with E-state index >= 15 is 0 Å². The van der Waals surface area contributed by atoms with Gasteiger partial charge in [-0.1, -0.05) is 176 Å². The van der Waals surface area contributed by atoms with Crippen molar-refractivity contribution in [3.63, 3.8) is 0 Å². The second-order valence-electron chi connectivity index (χ2n) is 18.2. The Balaban J connectivity index is 0.791. The van der Waals surface area contributed by atoms with E-state index in [-0.39, 0.29) is 0 Å². The molecule has 14 rings (SSSR count). The zero-order chi connectivity index (χ0) is 49.0. The predicted molar refractivity (Wildman–Crippen MR) is 298 cm³/mol. The molecule has 0 unspecified atom stereocenters. The summed E-state index contributed by atoms with van der Waals surface area (Å²) < 4.78 is 4.51. The number of pyridine rings is 1. The summed E-state index contributed by atoms with van der Waals surface area (Å²) in [4.78, 5) is 35.0. The van der Waals surface area contributed by atoms with Crippen molar-refractivity contribution in [1.82, 2.24) is 44.0 Å². The molecule has 0 radical (unpaired) electrons. The lowest BCUT2D eigenvalue weighted by Crippen LogP contribution is -2.01. The number of hydrogen-bond donors (Lipinski definition) is 0. The van der Waals surface area contributed by atoms with Crippen molar-refractivity contribution in [2.45, 2.75) is 0 Å². The highest BCUT2D eigenvalue weighted by Gasteiger charge is 2.18. The standard InChI is InChI=1S/C65H41N9/c1-4-16-43(17-5-1)56-38-58(72-64(70-56)46-20-8-3-9-21-46)65-67-40-49(41-68-65)74-61-27-15-12-24-52(61)53-36-47(32-35-62(53)74)42-28-30-44(31-29-42)55-37-57(71-63(69-55)45-18-6-2-7-19-45)54-34-33-48(39-66-54)73-59-25-13-10-22-50(59)51-23-11-14-26-60(51)73/h1-41H. The van der Waals surface area contributed by atoms with Crippen LogP contribution in [0.1, 0.15) is 0 Å². The van der Waals surface area contributed by atoms with Crippen molar-refractivity contribution in [2.75, 3.05) is 0 Å². The Morgan fingerprint density at radius 3 is 1.22 bits per heavy atom. The molecule has 0 bridgehead atoms. The van der Waals surface area contributed by atoms with Crippen LogP contribution in [0, 0.1) is 0 Å². The summed E-state index contributed by atoms with van der Waals surface area (Å²) in [6.07, 6.45) is 5.70. The van der Waals surface area contributed by atoms with Crippen molar-refractivity contribution in [3.8, 4) is 90.7 Å². The maximum atomic E-state index is 5.13. The molecule has 6 aromatic heterocycles. The number of para-hydroxylation sites is 3. The second-order valence-corrected chi connectivity index (χ2v) is 18.2. The number of hydrogen-bond acceptors (Lipinski definition) is 7. The number of benzene rings is 8. The van der Waals surface area contributed by atoms with Crippen LogP contribution >= 0.6 is 0 Å². The third kappa shape index (κ3) is 7.55. The lowest BCUT2D eigenvalue weighted by molar-refractivity contribution is 1.06. The number of fused-ring (bicyclic) bond motifs is 6. The van der Waals surface area contributed by atoms with Gasteiger partial charge in [0.2, 0.25) is 0 Å². The predicted octanol–water partition coefficient (Wildman–Crippen LogP) is 15.3. The van der Waals surface area contributed by atoms with E-state index in [1.54, 1.807) is 0 Å². The van der Waals surface area contributed by atoms with Gasteiger partial charge in [-0.2, -0.15) is 0 Å². The molecule has 0 aliphatic rings. The van der Waals surface area contributed by atoms with Crippen molar-refractivity contribution in [1.29, 1.82) is 0 Å². The van der Waals surface area contributed by atoms with Gasteiger partial charge in [0.1, 0.15) is 5.69 Å². The molecule has 0 N–H and O–H groups in total. The first-order valence-corrected chi connectivity index (χ1v) is 24.5. The van der Waals surface area contributed by atoms with Gasteiger partial charge in [-0.15, -0.1) is 0 Å². The molecule has 0 amide bonds. The molecular formula is C65H41N9. The van der Waals surface area contributed by atoms with E-state index in [1.165, 1.54) is 10.8 Å². The van der Waals surface area contributed by atoms with E-state index in [4.69, 9.17) is 34.9 Å². The fourth-order valence-corrected chi connectivity index (χ4v) is 10.2. The van der Waals surface area contributed by atoms with Gasteiger partial charge in [0.25, 0.3) is 0 Å². The van der Waals surface area contributed by atoms with Crippen LogP contribution < -0.4 is 0 Å². The van der Waals surface area contributed by atoms with E-state index in [1.807, 2.05) is 110 Å².